The first-order valence-corrected chi connectivity index (χ1v) is 6.86. The number of nitrogens with zero attached hydrogens (tertiary/aromatic N) is 2. The third-order valence-electron chi connectivity index (χ3n) is 2.25. The average Bonchev–Trinajstić information content (AvgIpc) is 2.96. The Labute approximate surface area is 119 Å². The lowest BCUT2D eigenvalue weighted by Crippen LogP contribution is -2.30. The summed E-state index contributed by atoms with van der Waals surface area (Å²) in [6, 6.07) is 5.51. The van der Waals surface area contributed by atoms with Crippen LogP contribution in [0, 0.1) is 5.82 Å². The summed E-state index contributed by atoms with van der Waals surface area (Å²) in [5, 5.41) is 13.5. The fourth-order valence-corrected chi connectivity index (χ4v) is 1.98. The van der Waals surface area contributed by atoms with Gasteiger partial charge in [0.1, 0.15) is 16.6 Å². The second-order valence-corrected chi connectivity index (χ2v) is 4.86. The number of aromatic nitrogens is 3. The van der Waals surface area contributed by atoms with Crippen LogP contribution in [0.4, 0.5) is 4.39 Å². The van der Waals surface area contributed by atoms with E-state index in [0.29, 0.717) is 18.0 Å². The molecule has 0 radical (unpaired) electrons. The van der Waals surface area contributed by atoms with E-state index in [2.05, 4.69) is 20.7 Å². The van der Waals surface area contributed by atoms with Crippen LogP contribution in [0.5, 0.6) is 5.75 Å². The van der Waals surface area contributed by atoms with E-state index in [1.54, 1.807) is 6.20 Å². The molecule has 8 heteroatoms. The fraction of sp³-hybridized carbons (Fsp3) is 0.250. The van der Waals surface area contributed by atoms with Crippen molar-refractivity contribution in [2.45, 2.75) is 5.03 Å². The average molecular weight is 296 g/mol. The highest BCUT2D eigenvalue weighted by atomic mass is 32.2. The Balaban J connectivity index is 1.59. The molecule has 0 aliphatic rings. The van der Waals surface area contributed by atoms with Crippen molar-refractivity contribution < 1.29 is 13.9 Å². The molecule has 1 amide bonds. The minimum absolute atomic E-state index is 0.0970. The molecule has 0 aliphatic heterocycles. The second-order valence-electron chi connectivity index (χ2n) is 3.75. The number of amides is 1. The van der Waals surface area contributed by atoms with Gasteiger partial charge < -0.3 is 10.1 Å². The minimum Gasteiger partial charge on any atom is -0.484 e. The van der Waals surface area contributed by atoms with Crippen molar-refractivity contribution in [1.82, 2.24) is 20.7 Å². The van der Waals surface area contributed by atoms with Crippen LogP contribution in [0.1, 0.15) is 0 Å². The molecule has 6 nitrogen and oxygen atoms in total. The molecule has 2 N–H and O–H groups in total. The molecule has 2 rings (SSSR count). The van der Waals surface area contributed by atoms with Gasteiger partial charge in [0, 0.05) is 12.3 Å². The lowest BCUT2D eigenvalue weighted by atomic mass is 10.3. The molecule has 1 heterocycles. The van der Waals surface area contributed by atoms with E-state index in [4.69, 9.17) is 4.74 Å². The summed E-state index contributed by atoms with van der Waals surface area (Å²) in [6.45, 7) is 0.406. The number of H-pyrrole nitrogens is 1. The highest BCUT2D eigenvalue weighted by Crippen LogP contribution is 2.11. The van der Waals surface area contributed by atoms with Crippen LogP contribution in [0.3, 0.4) is 0 Å². The molecule has 0 aliphatic carbocycles. The normalized spacial score (nSPS) is 10.2. The number of carbonyl (C=O) groups is 1. The Morgan fingerprint density at radius 1 is 1.40 bits per heavy atom. The van der Waals surface area contributed by atoms with Crippen molar-refractivity contribution in [1.29, 1.82) is 0 Å². The van der Waals surface area contributed by atoms with E-state index in [9.17, 15) is 9.18 Å². The monoisotopic (exact) mass is 296 g/mol. The highest BCUT2D eigenvalue weighted by molar-refractivity contribution is 7.99. The van der Waals surface area contributed by atoms with Gasteiger partial charge in [0.2, 0.25) is 0 Å². The highest BCUT2D eigenvalue weighted by Gasteiger charge is 2.03. The first-order valence-electron chi connectivity index (χ1n) is 5.87. The third-order valence-corrected chi connectivity index (χ3v) is 3.15. The third kappa shape index (κ3) is 4.88. The van der Waals surface area contributed by atoms with Crippen LogP contribution in [0.2, 0.25) is 0 Å². The van der Waals surface area contributed by atoms with E-state index in [1.807, 2.05) is 0 Å². The van der Waals surface area contributed by atoms with Crippen LogP contribution in [-0.2, 0) is 4.79 Å². The van der Waals surface area contributed by atoms with Gasteiger partial charge in [-0.2, -0.15) is 10.3 Å². The number of ether oxygens (including phenoxy) is 1. The summed E-state index contributed by atoms with van der Waals surface area (Å²) < 4.78 is 17.9. The number of thioether (sulfide) groups is 1. The number of benzene rings is 1. The molecule has 0 bridgehead atoms. The zero-order valence-electron chi connectivity index (χ0n) is 10.5. The number of hydrogen-bond donors (Lipinski definition) is 2. The molecule has 0 fully saturated rings. The van der Waals surface area contributed by atoms with Crippen molar-refractivity contribution in [2.24, 2.45) is 0 Å². The van der Waals surface area contributed by atoms with Crippen LogP contribution in [0.25, 0.3) is 0 Å². The Morgan fingerprint density at radius 3 is 2.90 bits per heavy atom. The molecule has 0 saturated heterocycles. The number of halogens is 1. The van der Waals surface area contributed by atoms with Crippen LogP contribution in [-0.4, -0.2) is 40.2 Å². The molecular formula is C12H13FN4O2S. The topological polar surface area (TPSA) is 79.9 Å². The van der Waals surface area contributed by atoms with E-state index in [0.717, 1.165) is 5.03 Å². The molecule has 1 aromatic heterocycles. The van der Waals surface area contributed by atoms with Gasteiger partial charge in [0.25, 0.3) is 5.91 Å². The van der Waals surface area contributed by atoms with Gasteiger partial charge in [-0.25, -0.2) is 4.39 Å². The van der Waals surface area contributed by atoms with Crippen molar-refractivity contribution in [3.05, 3.63) is 36.3 Å². The van der Waals surface area contributed by atoms with E-state index < -0.39 is 0 Å². The summed E-state index contributed by atoms with van der Waals surface area (Å²) in [5.74, 6) is 0.578. The van der Waals surface area contributed by atoms with Gasteiger partial charge in [-0.3, -0.25) is 4.79 Å². The number of carbonyl (C=O) groups excluding carboxylic acids is 1. The smallest absolute Gasteiger partial charge is 0.257 e. The van der Waals surface area contributed by atoms with Gasteiger partial charge in [-0.1, -0.05) is 0 Å². The first-order chi connectivity index (χ1) is 9.74. The summed E-state index contributed by atoms with van der Waals surface area (Å²) >= 11 is 1.48. The zero-order chi connectivity index (χ0) is 14.2. The van der Waals surface area contributed by atoms with Crippen LogP contribution < -0.4 is 10.1 Å². The summed E-state index contributed by atoms with van der Waals surface area (Å²) in [4.78, 5) is 11.5. The van der Waals surface area contributed by atoms with Gasteiger partial charge >= 0.3 is 0 Å². The lowest BCUT2D eigenvalue weighted by molar-refractivity contribution is -0.122. The largest absolute Gasteiger partial charge is 0.484 e. The summed E-state index contributed by atoms with van der Waals surface area (Å²) in [5.41, 5.74) is 0. The van der Waals surface area contributed by atoms with E-state index in [-0.39, 0.29) is 18.3 Å². The molecular weight excluding hydrogens is 283 g/mol. The molecule has 106 valence electrons. The Morgan fingerprint density at radius 2 is 2.20 bits per heavy atom. The van der Waals surface area contributed by atoms with E-state index in [1.165, 1.54) is 36.0 Å². The van der Waals surface area contributed by atoms with Gasteiger partial charge in [-0.05, 0) is 24.3 Å². The number of hydrogen-bond acceptors (Lipinski definition) is 5. The SMILES string of the molecule is O=C(COc1ccc(F)cc1)NCCSc1cn[nH]n1. The summed E-state index contributed by atoms with van der Waals surface area (Å²) in [6.07, 6.45) is 1.62. The maximum absolute atomic E-state index is 12.7. The van der Waals surface area contributed by atoms with Crippen molar-refractivity contribution in [3.63, 3.8) is 0 Å². The molecule has 1 aromatic carbocycles. The Hall–Kier alpha value is -2.09. The first kappa shape index (κ1) is 14.3. The fourth-order valence-electron chi connectivity index (χ4n) is 1.34. The minimum atomic E-state index is -0.341. The predicted molar refractivity (Wildman–Crippen MR) is 72.0 cm³/mol. The maximum atomic E-state index is 12.7. The zero-order valence-corrected chi connectivity index (χ0v) is 11.3. The van der Waals surface area contributed by atoms with Crippen LogP contribution >= 0.6 is 11.8 Å². The predicted octanol–water partition coefficient (Wildman–Crippen LogP) is 1.23. The Bertz CT molecular complexity index is 533. The van der Waals surface area contributed by atoms with Crippen molar-refractivity contribution >= 4 is 17.7 Å². The number of aromatic amines is 1. The van der Waals surface area contributed by atoms with Gasteiger partial charge in [0.05, 0.1) is 6.20 Å². The maximum Gasteiger partial charge on any atom is 0.257 e. The molecule has 0 saturated carbocycles. The van der Waals surface area contributed by atoms with Crippen molar-refractivity contribution in [2.75, 3.05) is 18.9 Å². The number of nitrogens with one attached hydrogen (secondary N) is 2. The Kier molecular flexibility index (Phi) is 5.36. The number of rotatable bonds is 7. The standard InChI is InChI=1S/C12H13FN4O2S/c13-9-1-3-10(4-2-9)19-8-11(18)14-5-6-20-12-7-15-17-16-12/h1-4,7H,5-6,8H2,(H,14,18)(H,15,16,17). The molecule has 2 aromatic rings. The molecule has 0 unspecified atom stereocenters. The quantitative estimate of drug-likeness (QED) is 0.593. The van der Waals surface area contributed by atoms with Crippen molar-refractivity contribution in [3.8, 4) is 5.75 Å². The van der Waals surface area contributed by atoms with Crippen LogP contribution in [0.15, 0.2) is 35.5 Å². The van der Waals surface area contributed by atoms with Gasteiger partial charge in [-0.15, -0.1) is 16.9 Å². The molecule has 20 heavy (non-hydrogen) atoms. The molecule has 0 spiro atoms. The van der Waals surface area contributed by atoms with Gasteiger partial charge in [0.15, 0.2) is 6.61 Å². The molecule has 0 atom stereocenters. The lowest BCUT2D eigenvalue weighted by Gasteiger charge is -2.06. The summed E-state index contributed by atoms with van der Waals surface area (Å²) in [7, 11) is 0. The second kappa shape index (κ2) is 7.49. The van der Waals surface area contributed by atoms with E-state index >= 15 is 0 Å².